The first-order chi connectivity index (χ1) is 18.7. The first-order valence-electron chi connectivity index (χ1n) is 14.5. The van der Waals surface area contributed by atoms with Crippen LogP contribution in [0.2, 0.25) is 0 Å². The molecule has 0 aliphatic heterocycles. The number of hydrogen-bond donors (Lipinski definition) is 2. The number of aryl methyl sites for hydroxylation is 1. The summed E-state index contributed by atoms with van der Waals surface area (Å²) in [7, 11) is 0. The second-order valence-corrected chi connectivity index (χ2v) is 12.4. The average Bonchev–Trinajstić information content (AvgIpc) is 2.93. The minimum Gasteiger partial charge on any atom is -0.343 e. The molecule has 0 aromatic heterocycles. The van der Waals surface area contributed by atoms with Crippen LogP contribution in [-0.4, -0.2) is 17.9 Å². The van der Waals surface area contributed by atoms with Gasteiger partial charge in [0.2, 0.25) is 11.8 Å². The number of amides is 2. The number of hydrogen-bond acceptors (Lipinski definition) is 2. The molecule has 2 N–H and O–H groups in total. The maximum absolute atomic E-state index is 14.2. The molecule has 5 rings (SSSR count). The molecule has 0 spiro atoms. The SMILES string of the molecule is CC(C)c1ccc2c(c1)CC[C@H]1[C@](C)(C(=O)N[C@H](Cc3ccccc3)C(=O)Nc3ccccc3)CCC[C@]21C. The normalized spacial score (nSPS) is 24.8. The van der Waals surface area contributed by atoms with Crippen LogP contribution >= 0.6 is 0 Å². The number of anilines is 1. The number of benzene rings is 3. The standard InChI is InChI=1S/C35H42N2O2/c1-24(2)26-16-18-29-27(23-26)17-19-31-34(29,3)20-11-21-35(31,4)33(39)37-30(22-25-12-7-5-8-13-25)32(38)36-28-14-9-6-10-15-28/h5-10,12-16,18,23-24,30-31H,11,17,19-22H2,1-4H3,(H,36,38)(H,37,39)/t30-,31-,34-,35-/m1/s1. The van der Waals surface area contributed by atoms with Gasteiger partial charge < -0.3 is 10.6 Å². The van der Waals surface area contributed by atoms with Gasteiger partial charge in [-0.25, -0.2) is 0 Å². The Labute approximate surface area is 233 Å². The van der Waals surface area contributed by atoms with Crippen LogP contribution in [0, 0.1) is 11.3 Å². The summed E-state index contributed by atoms with van der Waals surface area (Å²) in [5.74, 6) is 0.554. The number of fused-ring (bicyclic) bond motifs is 3. The zero-order valence-corrected chi connectivity index (χ0v) is 23.8. The van der Waals surface area contributed by atoms with Gasteiger partial charge in [-0.15, -0.1) is 0 Å². The van der Waals surface area contributed by atoms with Crippen molar-refractivity contribution in [1.29, 1.82) is 0 Å². The average molecular weight is 523 g/mol. The van der Waals surface area contributed by atoms with Gasteiger partial charge in [-0.2, -0.15) is 0 Å². The zero-order chi connectivity index (χ0) is 27.6. The molecule has 2 amide bonds. The second-order valence-electron chi connectivity index (χ2n) is 12.4. The Hall–Kier alpha value is -3.40. The molecule has 4 nitrogen and oxygen atoms in total. The molecule has 3 aromatic rings. The molecule has 4 heteroatoms. The van der Waals surface area contributed by atoms with Crippen molar-refractivity contribution in [2.75, 3.05) is 5.32 Å². The lowest BCUT2D eigenvalue weighted by Crippen LogP contribution is -2.58. The van der Waals surface area contributed by atoms with Crippen LogP contribution in [0.25, 0.3) is 0 Å². The number of rotatable bonds is 7. The predicted octanol–water partition coefficient (Wildman–Crippen LogP) is 7.19. The number of carbonyl (C=O) groups excluding carboxylic acids is 2. The summed E-state index contributed by atoms with van der Waals surface area (Å²) < 4.78 is 0. The van der Waals surface area contributed by atoms with Crippen LogP contribution in [0.15, 0.2) is 78.9 Å². The first-order valence-corrected chi connectivity index (χ1v) is 14.5. The Bertz CT molecular complexity index is 1320. The topological polar surface area (TPSA) is 58.2 Å². The molecular weight excluding hydrogens is 480 g/mol. The molecule has 0 bridgehead atoms. The summed E-state index contributed by atoms with van der Waals surface area (Å²) in [6.07, 6.45) is 5.38. The Morgan fingerprint density at radius 2 is 1.62 bits per heavy atom. The fourth-order valence-electron chi connectivity index (χ4n) is 7.28. The largest absolute Gasteiger partial charge is 0.343 e. The van der Waals surface area contributed by atoms with E-state index < -0.39 is 11.5 Å². The van der Waals surface area contributed by atoms with Crippen LogP contribution in [0.1, 0.15) is 81.5 Å². The summed E-state index contributed by atoms with van der Waals surface area (Å²) in [5.41, 5.74) is 5.43. The monoisotopic (exact) mass is 522 g/mol. The van der Waals surface area contributed by atoms with E-state index in [0.717, 1.165) is 43.4 Å². The van der Waals surface area contributed by atoms with E-state index in [1.807, 2.05) is 60.7 Å². The van der Waals surface area contributed by atoms with Gasteiger partial charge in [0.1, 0.15) is 6.04 Å². The summed E-state index contributed by atoms with van der Waals surface area (Å²) in [6, 6.07) is 25.8. The van der Waals surface area contributed by atoms with Gasteiger partial charge in [0.05, 0.1) is 5.41 Å². The Kier molecular flexibility index (Phi) is 7.66. The summed E-state index contributed by atoms with van der Waals surface area (Å²) >= 11 is 0. The van der Waals surface area contributed by atoms with Gasteiger partial charge in [-0.05, 0) is 77.3 Å². The Morgan fingerprint density at radius 3 is 2.31 bits per heavy atom. The smallest absolute Gasteiger partial charge is 0.247 e. The first kappa shape index (κ1) is 27.2. The number of carbonyl (C=O) groups is 2. The molecule has 39 heavy (non-hydrogen) atoms. The van der Waals surface area contributed by atoms with Crippen molar-refractivity contribution < 1.29 is 9.59 Å². The highest BCUT2D eigenvalue weighted by Gasteiger charge is 2.55. The highest BCUT2D eigenvalue weighted by Crippen LogP contribution is 2.57. The minimum atomic E-state index is -0.658. The number of nitrogens with one attached hydrogen (secondary N) is 2. The fraction of sp³-hybridized carbons (Fsp3) is 0.429. The second kappa shape index (κ2) is 11.0. The van der Waals surface area contributed by atoms with E-state index in [4.69, 9.17) is 0 Å². The van der Waals surface area contributed by atoms with Gasteiger partial charge in [0, 0.05) is 12.1 Å². The molecule has 0 saturated heterocycles. The highest BCUT2D eigenvalue weighted by atomic mass is 16.2. The fourth-order valence-corrected chi connectivity index (χ4v) is 7.28. The van der Waals surface area contributed by atoms with Crippen molar-refractivity contribution in [1.82, 2.24) is 5.32 Å². The lowest BCUT2D eigenvalue weighted by Gasteiger charge is -2.54. The maximum Gasteiger partial charge on any atom is 0.247 e. The third-order valence-corrected chi connectivity index (χ3v) is 9.51. The molecule has 2 aliphatic rings. The molecule has 2 aliphatic carbocycles. The molecule has 0 heterocycles. The van der Waals surface area contributed by atoms with Gasteiger partial charge in [0.15, 0.2) is 0 Å². The molecule has 0 unspecified atom stereocenters. The summed E-state index contributed by atoms with van der Waals surface area (Å²) in [5, 5.41) is 6.26. The van der Waals surface area contributed by atoms with Crippen molar-refractivity contribution in [2.45, 2.75) is 83.6 Å². The molecule has 204 valence electrons. The molecule has 4 atom stereocenters. The maximum atomic E-state index is 14.2. The zero-order valence-electron chi connectivity index (χ0n) is 23.8. The Morgan fingerprint density at radius 1 is 0.923 bits per heavy atom. The molecule has 0 radical (unpaired) electrons. The van der Waals surface area contributed by atoms with Gasteiger partial charge in [-0.3, -0.25) is 9.59 Å². The van der Waals surface area contributed by atoms with Crippen LogP contribution in [0.3, 0.4) is 0 Å². The quantitative estimate of drug-likeness (QED) is 0.345. The van der Waals surface area contributed by atoms with E-state index in [0.29, 0.717) is 12.3 Å². The minimum absolute atomic E-state index is 0.00446. The van der Waals surface area contributed by atoms with E-state index in [9.17, 15) is 9.59 Å². The van der Waals surface area contributed by atoms with Crippen molar-refractivity contribution in [3.8, 4) is 0 Å². The van der Waals surface area contributed by atoms with E-state index >= 15 is 0 Å². The molecule has 1 fully saturated rings. The van der Waals surface area contributed by atoms with Crippen LogP contribution in [0.4, 0.5) is 5.69 Å². The van der Waals surface area contributed by atoms with Gasteiger partial charge in [0.25, 0.3) is 0 Å². The number of para-hydroxylation sites is 1. The molecule has 3 aromatic carbocycles. The van der Waals surface area contributed by atoms with E-state index in [1.54, 1.807) is 0 Å². The predicted molar refractivity (Wildman–Crippen MR) is 159 cm³/mol. The van der Waals surface area contributed by atoms with Gasteiger partial charge >= 0.3 is 0 Å². The van der Waals surface area contributed by atoms with E-state index in [2.05, 4.69) is 56.5 Å². The van der Waals surface area contributed by atoms with Crippen LogP contribution < -0.4 is 10.6 Å². The van der Waals surface area contributed by atoms with Crippen molar-refractivity contribution in [3.05, 3.63) is 101 Å². The molecular formula is C35H42N2O2. The van der Waals surface area contributed by atoms with Crippen molar-refractivity contribution in [2.24, 2.45) is 11.3 Å². The highest BCUT2D eigenvalue weighted by molar-refractivity contribution is 5.98. The van der Waals surface area contributed by atoms with Crippen LogP contribution in [-0.2, 0) is 27.8 Å². The third-order valence-electron chi connectivity index (χ3n) is 9.51. The van der Waals surface area contributed by atoms with E-state index in [-0.39, 0.29) is 23.1 Å². The summed E-state index contributed by atoms with van der Waals surface area (Å²) in [6.45, 7) is 9.01. The molecule has 1 saturated carbocycles. The van der Waals surface area contributed by atoms with E-state index in [1.165, 1.54) is 16.7 Å². The Balaban J connectivity index is 1.41. The lowest BCUT2D eigenvalue weighted by atomic mass is 9.49. The van der Waals surface area contributed by atoms with Crippen molar-refractivity contribution >= 4 is 17.5 Å². The summed E-state index contributed by atoms with van der Waals surface area (Å²) in [4.78, 5) is 27.7. The van der Waals surface area contributed by atoms with Gasteiger partial charge in [-0.1, -0.05) is 101 Å². The van der Waals surface area contributed by atoms with Crippen molar-refractivity contribution in [3.63, 3.8) is 0 Å². The van der Waals surface area contributed by atoms with Crippen LogP contribution in [0.5, 0.6) is 0 Å². The third kappa shape index (κ3) is 5.39. The lowest BCUT2D eigenvalue weighted by molar-refractivity contribution is -0.141.